The number of aryl methyl sites for hydroxylation is 1. The average molecular weight is 331 g/mol. The summed E-state index contributed by atoms with van der Waals surface area (Å²) in [5.74, 6) is 0.0601. The van der Waals surface area contributed by atoms with Gasteiger partial charge in [0.15, 0.2) is 17.7 Å². The monoisotopic (exact) mass is 331 g/mol. The maximum absolute atomic E-state index is 13.5. The molecule has 2 rings (SSSR count). The Bertz CT molecular complexity index is 703. The second kappa shape index (κ2) is 8.34. The normalized spacial score (nSPS) is 11.7. The van der Waals surface area contributed by atoms with Gasteiger partial charge in [0.1, 0.15) is 12.4 Å². The topological polar surface area (TPSA) is 47.6 Å². The van der Waals surface area contributed by atoms with E-state index >= 15 is 0 Å². The van der Waals surface area contributed by atoms with Crippen molar-refractivity contribution in [1.82, 2.24) is 5.32 Å². The summed E-state index contributed by atoms with van der Waals surface area (Å²) in [4.78, 5) is 12.0. The third-order valence-electron chi connectivity index (χ3n) is 3.72. The van der Waals surface area contributed by atoms with Crippen LogP contribution < -0.4 is 14.8 Å². The first-order valence-electron chi connectivity index (χ1n) is 7.87. The molecule has 0 saturated heterocycles. The third kappa shape index (κ3) is 4.72. The van der Waals surface area contributed by atoms with E-state index in [0.29, 0.717) is 13.2 Å². The van der Waals surface area contributed by atoms with E-state index in [-0.39, 0.29) is 11.7 Å². The zero-order valence-electron chi connectivity index (χ0n) is 14.1. The van der Waals surface area contributed by atoms with Gasteiger partial charge < -0.3 is 14.8 Å². The van der Waals surface area contributed by atoms with E-state index in [1.54, 1.807) is 19.1 Å². The van der Waals surface area contributed by atoms with Crippen LogP contribution in [0.15, 0.2) is 42.5 Å². The number of nitrogens with one attached hydrogen (secondary N) is 1. The van der Waals surface area contributed by atoms with Gasteiger partial charge in [-0.1, -0.05) is 24.3 Å². The van der Waals surface area contributed by atoms with Gasteiger partial charge in [-0.2, -0.15) is 0 Å². The average Bonchev–Trinajstić information content (AvgIpc) is 2.57. The minimum absolute atomic E-state index is 0.0618. The Balaban J connectivity index is 1.76. The minimum Gasteiger partial charge on any atom is -0.491 e. The van der Waals surface area contributed by atoms with Gasteiger partial charge in [0, 0.05) is 0 Å². The Hall–Kier alpha value is -2.56. The Labute approximate surface area is 141 Å². The van der Waals surface area contributed by atoms with Crippen LogP contribution in [-0.4, -0.2) is 25.2 Å². The van der Waals surface area contributed by atoms with E-state index in [1.165, 1.54) is 12.1 Å². The highest BCUT2D eigenvalue weighted by atomic mass is 19.1. The molecule has 0 saturated carbocycles. The molecule has 0 aliphatic rings. The van der Waals surface area contributed by atoms with Crippen LogP contribution in [-0.2, 0) is 4.79 Å². The molecule has 5 heteroatoms. The van der Waals surface area contributed by atoms with Gasteiger partial charge in [-0.05, 0) is 50.1 Å². The molecule has 0 spiro atoms. The summed E-state index contributed by atoms with van der Waals surface area (Å²) in [7, 11) is 0. The van der Waals surface area contributed by atoms with E-state index in [4.69, 9.17) is 9.47 Å². The first-order valence-corrected chi connectivity index (χ1v) is 7.87. The van der Waals surface area contributed by atoms with Gasteiger partial charge in [0.2, 0.25) is 0 Å². The van der Waals surface area contributed by atoms with Gasteiger partial charge in [-0.15, -0.1) is 0 Å². The number of rotatable bonds is 7. The summed E-state index contributed by atoms with van der Waals surface area (Å²) in [5.41, 5.74) is 2.24. The van der Waals surface area contributed by atoms with E-state index in [0.717, 1.165) is 16.9 Å². The molecule has 2 aromatic rings. The number of carbonyl (C=O) groups is 1. The van der Waals surface area contributed by atoms with Crippen molar-refractivity contribution in [3.63, 3.8) is 0 Å². The predicted octanol–water partition coefficient (Wildman–Crippen LogP) is 3.41. The summed E-state index contributed by atoms with van der Waals surface area (Å²) in [6.07, 6.45) is -0.789. The molecule has 0 radical (unpaired) electrons. The van der Waals surface area contributed by atoms with Crippen molar-refractivity contribution < 1.29 is 18.7 Å². The Morgan fingerprint density at radius 2 is 1.83 bits per heavy atom. The summed E-state index contributed by atoms with van der Waals surface area (Å²) >= 11 is 0. The number of hydrogen-bond donors (Lipinski definition) is 1. The van der Waals surface area contributed by atoms with Gasteiger partial charge in [-0.3, -0.25) is 4.79 Å². The van der Waals surface area contributed by atoms with Crippen LogP contribution in [0.4, 0.5) is 4.39 Å². The maximum atomic E-state index is 13.5. The molecule has 2 aromatic carbocycles. The zero-order chi connectivity index (χ0) is 17.5. The second-order valence-corrected chi connectivity index (χ2v) is 5.53. The number of benzene rings is 2. The van der Waals surface area contributed by atoms with Crippen molar-refractivity contribution in [1.29, 1.82) is 0 Å². The van der Waals surface area contributed by atoms with Gasteiger partial charge in [-0.25, -0.2) is 4.39 Å². The standard InChI is InChI=1S/C19H22FNO3/c1-13-7-6-10-17(14(13)2)23-12-11-21-19(22)15(3)24-18-9-5-4-8-16(18)20/h4-10,15H,11-12H2,1-3H3,(H,21,22)/t15-/m0/s1. The fourth-order valence-electron chi connectivity index (χ4n) is 2.14. The molecule has 0 aromatic heterocycles. The highest BCUT2D eigenvalue weighted by Gasteiger charge is 2.15. The number of hydrogen-bond acceptors (Lipinski definition) is 3. The molecular weight excluding hydrogens is 309 g/mol. The van der Waals surface area contributed by atoms with Crippen molar-refractivity contribution in [2.75, 3.05) is 13.2 Å². The van der Waals surface area contributed by atoms with E-state index < -0.39 is 11.9 Å². The van der Waals surface area contributed by atoms with Crippen LogP contribution in [0.25, 0.3) is 0 Å². The van der Waals surface area contributed by atoms with Gasteiger partial charge in [0.05, 0.1) is 6.54 Å². The van der Waals surface area contributed by atoms with E-state index in [2.05, 4.69) is 5.32 Å². The molecule has 0 unspecified atom stereocenters. The molecule has 1 atom stereocenters. The first-order chi connectivity index (χ1) is 11.5. The molecule has 4 nitrogen and oxygen atoms in total. The highest BCUT2D eigenvalue weighted by molar-refractivity contribution is 5.80. The zero-order valence-corrected chi connectivity index (χ0v) is 14.1. The summed E-state index contributed by atoms with van der Waals surface area (Å²) < 4.78 is 24.5. The number of carbonyl (C=O) groups excluding carboxylic acids is 1. The molecule has 1 amide bonds. The number of halogens is 1. The Morgan fingerprint density at radius 3 is 2.58 bits per heavy atom. The maximum Gasteiger partial charge on any atom is 0.260 e. The van der Waals surface area contributed by atoms with Crippen LogP contribution in [0.5, 0.6) is 11.5 Å². The number of ether oxygens (including phenoxy) is 2. The third-order valence-corrected chi connectivity index (χ3v) is 3.72. The Morgan fingerprint density at radius 1 is 1.12 bits per heavy atom. The fourth-order valence-corrected chi connectivity index (χ4v) is 2.14. The highest BCUT2D eigenvalue weighted by Crippen LogP contribution is 2.20. The predicted molar refractivity (Wildman–Crippen MR) is 90.9 cm³/mol. The van der Waals surface area contributed by atoms with Gasteiger partial charge in [0.25, 0.3) is 5.91 Å². The van der Waals surface area contributed by atoms with Crippen LogP contribution >= 0.6 is 0 Å². The summed E-state index contributed by atoms with van der Waals surface area (Å²) in [6.45, 7) is 6.28. The lowest BCUT2D eigenvalue weighted by molar-refractivity contribution is -0.127. The lowest BCUT2D eigenvalue weighted by Crippen LogP contribution is -2.38. The molecular formula is C19H22FNO3. The van der Waals surface area contributed by atoms with Crippen molar-refractivity contribution in [3.8, 4) is 11.5 Å². The van der Waals surface area contributed by atoms with Crippen LogP contribution in [0.3, 0.4) is 0 Å². The molecule has 0 aliphatic carbocycles. The fraction of sp³-hybridized carbons (Fsp3) is 0.316. The van der Waals surface area contributed by atoms with Gasteiger partial charge >= 0.3 is 0 Å². The molecule has 0 bridgehead atoms. The molecule has 0 aliphatic heterocycles. The SMILES string of the molecule is Cc1cccc(OCCNC(=O)[C@H](C)Oc2ccccc2F)c1C. The van der Waals surface area contributed by atoms with Crippen LogP contribution in [0.2, 0.25) is 0 Å². The largest absolute Gasteiger partial charge is 0.491 e. The molecule has 128 valence electrons. The van der Waals surface area contributed by atoms with Crippen molar-refractivity contribution >= 4 is 5.91 Å². The second-order valence-electron chi connectivity index (χ2n) is 5.53. The van der Waals surface area contributed by atoms with Crippen molar-refractivity contribution in [3.05, 3.63) is 59.4 Å². The summed E-state index contributed by atoms with van der Waals surface area (Å²) in [5, 5.41) is 2.72. The smallest absolute Gasteiger partial charge is 0.260 e. The van der Waals surface area contributed by atoms with Crippen LogP contribution in [0.1, 0.15) is 18.1 Å². The molecule has 0 heterocycles. The first kappa shape index (κ1) is 17.8. The number of amides is 1. The quantitative estimate of drug-likeness (QED) is 0.791. The summed E-state index contributed by atoms with van der Waals surface area (Å²) in [6, 6.07) is 11.8. The molecule has 0 fully saturated rings. The minimum atomic E-state index is -0.789. The van der Waals surface area contributed by atoms with E-state index in [1.807, 2.05) is 32.0 Å². The molecule has 24 heavy (non-hydrogen) atoms. The van der Waals surface area contributed by atoms with Crippen molar-refractivity contribution in [2.24, 2.45) is 0 Å². The molecule has 1 N–H and O–H groups in total. The van der Waals surface area contributed by atoms with Crippen LogP contribution in [0, 0.1) is 19.7 Å². The lowest BCUT2D eigenvalue weighted by Gasteiger charge is -2.16. The number of para-hydroxylation sites is 1. The van der Waals surface area contributed by atoms with E-state index in [9.17, 15) is 9.18 Å². The lowest BCUT2D eigenvalue weighted by atomic mass is 10.1. The Kier molecular flexibility index (Phi) is 6.18. The van der Waals surface area contributed by atoms with Crippen molar-refractivity contribution in [2.45, 2.75) is 26.9 Å².